The monoisotopic (exact) mass is 343 g/mol. The third-order valence-electron chi connectivity index (χ3n) is 4.22. The van der Waals surface area contributed by atoms with Crippen molar-refractivity contribution in [1.29, 1.82) is 0 Å². The van der Waals surface area contributed by atoms with E-state index in [1.165, 1.54) is 0 Å². The molecule has 0 fully saturated rings. The Bertz CT molecular complexity index is 591. The highest BCUT2D eigenvalue weighted by Gasteiger charge is 2.48. The topological polar surface area (TPSA) is 57.0 Å². The van der Waals surface area contributed by atoms with Crippen molar-refractivity contribution < 1.29 is 18.3 Å². The Morgan fingerprint density at radius 3 is 2.62 bits per heavy atom. The van der Waals surface area contributed by atoms with Crippen LogP contribution in [0.5, 0.6) is 0 Å². The summed E-state index contributed by atoms with van der Waals surface area (Å²) in [6.07, 6.45) is 1.62. The summed E-state index contributed by atoms with van der Waals surface area (Å²) in [5.74, 6) is -4.87. The van der Waals surface area contributed by atoms with E-state index < -0.39 is 23.3 Å². The van der Waals surface area contributed by atoms with Crippen LogP contribution in [-0.4, -0.2) is 27.1 Å². The van der Waals surface area contributed by atoms with Crippen LogP contribution in [0, 0.1) is 5.92 Å². The molecule has 0 amide bonds. The highest BCUT2D eigenvalue weighted by atomic mass is 19.3. The highest BCUT2D eigenvalue weighted by molar-refractivity contribution is 5.70. The second-order valence-electron chi connectivity index (χ2n) is 7.78. The molecule has 0 aromatic carbocycles. The van der Waals surface area contributed by atoms with E-state index in [-0.39, 0.29) is 24.6 Å². The van der Waals surface area contributed by atoms with Crippen molar-refractivity contribution >= 4 is 5.97 Å². The first-order valence-corrected chi connectivity index (χ1v) is 8.56. The van der Waals surface area contributed by atoms with Crippen LogP contribution in [0.4, 0.5) is 8.78 Å². The summed E-state index contributed by atoms with van der Waals surface area (Å²) in [7, 11) is 0. The second-order valence-corrected chi connectivity index (χ2v) is 7.78. The van der Waals surface area contributed by atoms with Crippen LogP contribution in [0.3, 0.4) is 0 Å². The molecule has 1 atom stereocenters. The van der Waals surface area contributed by atoms with Gasteiger partial charge >= 0.3 is 5.97 Å². The normalized spacial score (nSPS) is 21.1. The summed E-state index contributed by atoms with van der Waals surface area (Å²) in [5, 5.41) is 7.79. The molecule has 1 aliphatic carbocycles. The third kappa shape index (κ3) is 3.92. The van der Waals surface area contributed by atoms with Gasteiger partial charge in [0.25, 0.3) is 5.92 Å². The van der Waals surface area contributed by atoms with Gasteiger partial charge < -0.3 is 4.74 Å². The third-order valence-corrected chi connectivity index (χ3v) is 4.22. The summed E-state index contributed by atoms with van der Waals surface area (Å²) >= 11 is 0. The molecule has 1 aromatic rings. The van der Waals surface area contributed by atoms with Gasteiger partial charge in [0.1, 0.15) is 0 Å². The highest BCUT2D eigenvalue weighted by Crippen LogP contribution is 2.43. The zero-order valence-corrected chi connectivity index (χ0v) is 15.1. The average molecular weight is 343 g/mol. The molecule has 136 valence electrons. The van der Waals surface area contributed by atoms with Gasteiger partial charge in [-0.25, -0.2) is 4.68 Å². The number of esters is 1. The molecule has 1 aromatic heterocycles. The van der Waals surface area contributed by atoms with Crippen molar-refractivity contribution in [2.45, 2.75) is 84.3 Å². The first kappa shape index (κ1) is 18.8. The lowest BCUT2D eigenvalue weighted by Crippen LogP contribution is -2.33. The molecule has 0 spiro atoms. The van der Waals surface area contributed by atoms with Gasteiger partial charge in [0.15, 0.2) is 5.69 Å². The van der Waals surface area contributed by atoms with Crippen molar-refractivity contribution in [1.82, 2.24) is 15.0 Å². The summed E-state index contributed by atoms with van der Waals surface area (Å²) in [5.41, 5.74) is -0.212. The van der Waals surface area contributed by atoms with E-state index in [2.05, 4.69) is 10.3 Å². The summed E-state index contributed by atoms with van der Waals surface area (Å²) in [6.45, 7) is 9.16. The molecule has 0 radical (unpaired) electrons. The van der Waals surface area contributed by atoms with E-state index in [0.717, 1.165) is 6.42 Å². The largest absolute Gasteiger partial charge is 0.463 e. The van der Waals surface area contributed by atoms with Gasteiger partial charge in [-0.2, -0.15) is 8.78 Å². The van der Waals surface area contributed by atoms with Crippen LogP contribution in [0.1, 0.15) is 71.7 Å². The number of carbonyl (C=O) groups is 1. The maximum absolute atomic E-state index is 15.1. The molecule has 0 saturated carbocycles. The maximum Gasteiger partial charge on any atom is 0.306 e. The molecule has 5 nitrogen and oxygen atoms in total. The molecule has 2 rings (SSSR count). The number of halogens is 2. The van der Waals surface area contributed by atoms with Crippen LogP contribution in [0.25, 0.3) is 0 Å². The Morgan fingerprint density at radius 1 is 1.38 bits per heavy atom. The van der Waals surface area contributed by atoms with Crippen LogP contribution in [0.15, 0.2) is 0 Å². The molecule has 0 bridgehead atoms. The van der Waals surface area contributed by atoms with Gasteiger partial charge in [-0.15, -0.1) is 5.10 Å². The summed E-state index contributed by atoms with van der Waals surface area (Å²) in [6, 6.07) is 0. The van der Waals surface area contributed by atoms with Crippen LogP contribution in [-0.2, 0) is 27.4 Å². The quantitative estimate of drug-likeness (QED) is 0.783. The molecule has 0 saturated heterocycles. The molecule has 0 N–H and O–H groups in total. The molecule has 24 heavy (non-hydrogen) atoms. The first-order chi connectivity index (χ1) is 11.0. The Labute approximate surface area is 141 Å². The Morgan fingerprint density at radius 2 is 2.04 bits per heavy atom. The SMILES string of the molecule is CC(C)OC(=O)CC1CCCCc2c(nnn2C(C)(C)C)C1(F)F. The molecule has 0 aliphatic heterocycles. The fourth-order valence-electron chi connectivity index (χ4n) is 3.12. The van der Waals surface area contributed by atoms with E-state index in [9.17, 15) is 4.79 Å². The fraction of sp³-hybridized carbons (Fsp3) is 0.824. The molecule has 1 aliphatic rings. The zero-order chi connectivity index (χ0) is 18.1. The van der Waals surface area contributed by atoms with Gasteiger partial charge in [-0.1, -0.05) is 11.6 Å². The number of ether oxygens (including phenoxy) is 1. The van der Waals surface area contributed by atoms with Gasteiger partial charge in [0.05, 0.1) is 23.8 Å². The lowest BCUT2D eigenvalue weighted by Gasteiger charge is -2.29. The van der Waals surface area contributed by atoms with Crippen LogP contribution in [0.2, 0.25) is 0 Å². The van der Waals surface area contributed by atoms with Gasteiger partial charge in [-0.05, 0) is 53.9 Å². The lowest BCUT2D eigenvalue weighted by atomic mass is 9.85. The second kappa shape index (κ2) is 6.76. The van der Waals surface area contributed by atoms with Crippen molar-refractivity contribution in [2.24, 2.45) is 5.92 Å². The number of aromatic nitrogens is 3. The Kier molecular flexibility index (Phi) is 5.30. The predicted molar refractivity (Wildman–Crippen MR) is 85.8 cm³/mol. The van der Waals surface area contributed by atoms with Crippen molar-refractivity contribution in [3.63, 3.8) is 0 Å². The number of alkyl halides is 2. The van der Waals surface area contributed by atoms with Gasteiger partial charge in [0.2, 0.25) is 0 Å². The molecular formula is C17H27F2N3O2. The number of hydrogen-bond acceptors (Lipinski definition) is 4. The number of hydrogen-bond donors (Lipinski definition) is 0. The predicted octanol–water partition coefficient (Wildman–Crippen LogP) is 3.81. The zero-order valence-electron chi connectivity index (χ0n) is 15.1. The van der Waals surface area contributed by atoms with E-state index >= 15 is 8.78 Å². The number of carbonyl (C=O) groups excluding carboxylic acids is 1. The average Bonchev–Trinajstić information content (AvgIpc) is 2.84. The number of rotatable bonds is 3. The van der Waals surface area contributed by atoms with E-state index in [4.69, 9.17) is 4.74 Å². The van der Waals surface area contributed by atoms with Crippen LogP contribution < -0.4 is 0 Å². The van der Waals surface area contributed by atoms with Crippen molar-refractivity contribution in [3.05, 3.63) is 11.4 Å². The standard InChI is InChI=1S/C17H27F2N3O2/c1-11(2)24-14(23)10-12-8-6-7-9-13-15(17(12,18)19)20-21-22(13)16(3,4)5/h11-12H,6-10H2,1-5H3. The molecule has 1 unspecified atom stereocenters. The maximum atomic E-state index is 15.1. The minimum Gasteiger partial charge on any atom is -0.463 e. The molecular weight excluding hydrogens is 316 g/mol. The van der Waals surface area contributed by atoms with E-state index in [1.54, 1.807) is 18.5 Å². The number of fused-ring (bicyclic) bond motifs is 1. The Balaban J connectivity index is 2.34. The minimum atomic E-state index is -3.19. The smallest absolute Gasteiger partial charge is 0.306 e. The fourth-order valence-corrected chi connectivity index (χ4v) is 3.12. The number of nitrogens with zero attached hydrogens (tertiary/aromatic N) is 3. The van der Waals surface area contributed by atoms with E-state index in [1.807, 2.05) is 20.8 Å². The van der Waals surface area contributed by atoms with E-state index in [0.29, 0.717) is 18.5 Å². The lowest BCUT2D eigenvalue weighted by molar-refractivity contribution is -0.154. The van der Waals surface area contributed by atoms with Crippen molar-refractivity contribution in [3.8, 4) is 0 Å². The summed E-state index contributed by atoms with van der Waals surface area (Å²) < 4.78 is 36.8. The minimum absolute atomic E-state index is 0.278. The first-order valence-electron chi connectivity index (χ1n) is 8.56. The summed E-state index contributed by atoms with van der Waals surface area (Å²) in [4.78, 5) is 11.9. The van der Waals surface area contributed by atoms with Gasteiger partial charge in [-0.3, -0.25) is 4.79 Å². The Hall–Kier alpha value is -1.53. The molecule has 1 heterocycles. The van der Waals surface area contributed by atoms with Crippen molar-refractivity contribution in [2.75, 3.05) is 0 Å². The molecule has 7 heteroatoms. The van der Waals surface area contributed by atoms with Crippen LogP contribution >= 0.6 is 0 Å². The van der Waals surface area contributed by atoms with Gasteiger partial charge in [0, 0.05) is 5.92 Å².